The van der Waals surface area contributed by atoms with Crippen LogP contribution in [-0.4, -0.2) is 28.9 Å². The largest absolute Gasteiger partial charge is 0.470 e. The topological polar surface area (TPSA) is 61.0 Å². The van der Waals surface area contributed by atoms with Gasteiger partial charge >= 0.3 is 12.3 Å². The van der Waals surface area contributed by atoms with E-state index in [9.17, 15) is 17.6 Å². The summed E-state index contributed by atoms with van der Waals surface area (Å²) in [5, 5.41) is -0.299. The summed E-state index contributed by atoms with van der Waals surface area (Å²) < 4.78 is 52.8. The number of rotatable bonds is 4. The van der Waals surface area contributed by atoms with Gasteiger partial charge in [-0.15, -0.1) is 0 Å². The number of ether oxygens (including phenoxy) is 1. The van der Waals surface area contributed by atoms with Gasteiger partial charge in [0.15, 0.2) is 6.61 Å². The molecule has 0 amide bonds. The molecular formula is C7H6ClF4N3O. The van der Waals surface area contributed by atoms with Gasteiger partial charge in [0.1, 0.15) is 17.2 Å². The first-order valence-corrected chi connectivity index (χ1v) is 4.27. The van der Waals surface area contributed by atoms with Crippen molar-refractivity contribution in [1.82, 2.24) is 9.97 Å². The predicted octanol–water partition coefficient (Wildman–Crippen LogP) is 1.99. The maximum Gasteiger partial charge on any atom is 0.340 e. The second kappa shape index (κ2) is 4.69. The van der Waals surface area contributed by atoms with Gasteiger partial charge in [-0.1, -0.05) is 11.6 Å². The smallest absolute Gasteiger partial charge is 0.340 e. The number of anilines is 1. The van der Waals surface area contributed by atoms with E-state index in [0.717, 1.165) is 6.33 Å². The van der Waals surface area contributed by atoms with Gasteiger partial charge in [0.2, 0.25) is 5.88 Å². The van der Waals surface area contributed by atoms with Crippen LogP contribution in [0, 0.1) is 0 Å². The highest BCUT2D eigenvalue weighted by atomic mass is 35.5. The van der Waals surface area contributed by atoms with E-state index in [0.29, 0.717) is 0 Å². The molecule has 0 fully saturated rings. The maximum absolute atomic E-state index is 12.5. The van der Waals surface area contributed by atoms with Gasteiger partial charge in [0.25, 0.3) is 0 Å². The number of hydrogen-bond acceptors (Lipinski definition) is 4. The number of nitrogens with two attached hydrogens (primary N) is 1. The van der Waals surface area contributed by atoms with E-state index in [1.165, 1.54) is 0 Å². The zero-order chi connectivity index (χ0) is 12.3. The average Bonchev–Trinajstić information content (AvgIpc) is 2.20. The van der Waals surface area contributed by atoms with Gasteiger partial charge in [0.05, 0.1) is 0 Å². The van der Waals surface area contributed by atoms with E-state index in [1.807, 2.05) is 0 Å². The first kappa shape index (κ1) is 12.8. The highest BCUT2D eigenvalue weighted by molar-refractivity contribution is 6.33. The fraction of sp³-hybridized carbons (Fsp3) is 0.429. The van der Waals surface area contributed by atoms with Crippen LogP contribution in [0.15, 0.2) is 6.33 Å². The Hall–Kier alpha value is -1.31. The molecule has 2 N–H and O–H groups in total. The second-order valence-corrected chi connectivity index (χ2v) is 3.11. The van der Waals surface area contributed by atoms with Gasteiger partial charge in [-0.05, 0) is 0 Å². The number of halogens is 5. The minimum atomic E-state index is -4.27. The van der Waals surface area contributed by atoms with Crippen LogP contribution in [-0.2, 0) is 0 Å². The van der Waals surface area contributed by atoms with E-state index >= 15 is 0 Å². The molecule has 16 heavy (non-hydrogen) atoms. The molecule has 0 aliphatic rings. The van der Waals surface area contributed by atoms with E-state index in [1.54, 1.807) is 0 Å². The molecular weight excluding hydrogens is 254 g/mol. The van der Waals surface area contributed by atoms with Gasteiger partial charge in [-0.2, -0.15) is 8.78 Å². The average molecular weight is 260 g/mol. The van der Waals surface area contributed by atoms with Crippen molar-refractivity contribution < 1.29 is 22.3 Å². The molecule has 0 spiro atoms. The first-order chi connectivity index (χ1) is 7.34. The lowest BCUT2D eigenvalue weighted by Gasteiger charge is -2.15. The van der Waals surface area contributed by atoms with Gasteiger partial charge in [0, 0.05) is 0 Å². The molecule has 0 saturated heterocycles. The van der Waals surface area contributed by atoms with E-state index in [4.69, 9.17) is 17.3 Å². The van der Waals surface area contributed by atoms with Crippen LogP contribution >= 0.6 is 11.6 Å². The van der Waals surface area contributed by atoms with Crippen molar-refractivity contribution in [3.63, 3.8) is 0 Å². The summed E-state index contributed by atoms with van der Waals surface area (Å²) in [6.45, 7) is -1.54. The third kappa shape index (κ3) is 2.84. The van der Waals surface area contributed by atoms with Crippen molar-refractivity contribution in [2.45, 2.75) is 12.3 Å². The van der Waals surface area contributed by atoms with Crippen molar-refractivity contribution in [2.24, 2.45) is 0 Å². The summed E-state index contributed by atoms with van der Waals surface area (Å²) >= 11 is 5.49. The van der Waals surface area contributed by atoms with Crippen LogP contribution in [0.3, 0.4) is 0 Å². The summed E-state index contributed by atoms with van der Waals surface area (Å²) in [6.07, 6.45) is -2.91. The molecule has 0 saturated carbocycles. The standard InChI is InChI=1S/C7H6ClF4N3O/c8-3-4(13)14-2-15-5(3)16-1-7(11,12)6(9)10/h2,6H,1H2,(H2,13,14,15). The molecule has 1 aromatic heterocycles. The normalized spacial score (nSPS) is 11.9. The van der Waals surface area contributed by atoms with Crippen LogP contribution in [0.1, 0.15) is 0 Å². The highest BCUT2D eigenvalue weighted by Crippen LogP contribution is 2.28. The molecule has 0 bridgehead atoms. The quantitative estimate of drug-likeness (QED) is 0.840. The van der Waals surface area contributed by atoms with Crippen molar-refractivity contribution in [1.29, 1.82) is 0 Å². The molecule has 1 aromatic rings. The van der Waals surface area contributed by atoms with Crippen molar-refractivity contribution >= 4 is 17.4 Å². The van der Waals surface area contributed by atoms with Crippen molar-refractivity contribution in [2.75, 3.05) is 12.3 Å². The summed E-state index contributed by atoms with van der Waals surface area (Å²) in [5.74, 6) is -4.93. The minimum Gasteiger partial charge on any atom is -0.470 e. The number of nitrogens with zero attached hydrogens (tertiary/aromatic N) is 2. The fourth-order valence-corrected chi connectivity index (χ4v) is 0.847. The number of nitrogen functional groups attached to an aromatic ring is 1. The Balaban J connectivity index is 2.72. The Kier molecular flexibility index (Phi) is 3.74. The SMILES string of the molecule is Nc1ncnc(OCC(F)(F)C(F)F)c1Cl. The van der Waals surface area contributed by atoms with E-state index in [-0.39, 0.29) is 10.8 Å². The zero-order valence-electron chi connectivity index (χ0n) is 7.63. The molecule has 0 atom stereocenters. The highest BCUT2D eigenvalue weighted by Gasteiger charge is 2.42. The van der Waals surface area contributed by atoms with Crippen molar-refractivity contribution in [3.8, 4) is 5.88 Å². The maximum atomic E-state index is 12.5. The second-order valence-electron chi connectivity index (χ2n) is 2.73. The molecule has 9 heteroatoms. The molecule has 0 aliphatic carbocycles. The van der Waals surface area contributed by atoms with E-state index in [2.05, 4.69) is 14.7 Å². The van der Waals surface area contributed by atoms with Gasteiger partial charge in [-0.3, -0.25) is 0 Å². The Morgan fingerprint density at radius 1 is 1.44 bits per heavy atom. The van der Waals surface area contributed by atoms with Gasteiger partial charge in [-0.25, -0.2) is 18.7 Å². The van der Waals surface area contributed by atoms with E-state index < -0.39 is 24.8 Å². The summed E-state index contributed by atoms with van der Waals surface area (Å²) in [6, 6.07) is 0. The van der Waals surface area contributed by atoms with Crippen LogP contribution in [0.2, 0.25) is 5.02 Å². The molecule has 1 heterocycles. The fourth-order valence-electron chi connectivity index (χ4n) is 0.695. The lowest BCUT2D eigenvalue weighted by atomic mass is 10.4. The Bertz CT molecular complexity index is 377. The molecule has 0 aromatic carbocycles. The summed E-state index contributed by atoms with van der Waals surface area (Å²) in [5.41, 5.74) is 5.22. The molecule has 0 unspecified atom stereocenters. The predicted molar refractivity (Wildman–Crippen MR) is 47.9 cm³/mol. The number of alkyl halides is 4. The third-order valence-corrected chi connectivity index (χ3v) is 1.86. The Morgan fingerprint density at radius 3 is 2.62 bits per heavy atom. The molecule has 1 rings (SSSR count). The molecule has 90 valence electrons. The van der Waals surface area contributed by atoms with Crippen LogP contribution < -0.4 is 10.5 Å². The molecule has 0 aliphatic heterocycles. The molecule has 4 nitrogen and oxygen atoms in total. The Morgan fingerprint density at radius 2 is 2.06 bits per heavy atom. The lowest BCUT2D eigenvalue weighted by molar-refractivity contribution is -0.148. The zero-order valence-corrected chi connectivity index (χ0v) is 8.39. The van der Waals surface area contributed by atoms with Gasteiger partial charge < -0.3 is 10.5 Å². The number of aromatic nitrogens is 2. The van der Waals surface area contributed by atoms with Crippen LogP contribution in [0.5, 0.6) is 5.88 Å². The first-order valence-electron chi connectivity index (χ1n) is 3.89. The van der Waals surface area contributed by atoms with Crippen LogP contribution in [0.4, 0.5) is 23.4 Å². The minimum absolute atomic E-state index is 0.188. The number of hydrogen-bond donors (Lipinski definition) is 1. The lowest BCUT2D eigenvalue weighted by Crippen LogP contribution is -2.34. The third-order valence-electron chi connectivity index (χ3n) is 1.51. The molecule has 0 radical (unpaired) electrons. The summed E-state index contributed by atoms with van der Waals surface area (Å²) in [4.78, 5) is 6.82. The Labute approximate surface area is 92.4 Å². The van der Waals surface area contributed by atoms with Crippen LogP contribution in [0.25, 0.3) is 0 Å². The monoisotopic (exact) mass is 259 g/mol. The summed E-state index contributed by atoms with van der Waals surface area (Å²) in [7, 11) is 0. The van der Waals surface area contributed by atoms with Crippen molar-refractivity contribution in [3.05, 3.63) is 11.3 Å².